The topological polar surface area (TPSA) is 113 Å². The molecular formula is C21H27N6O4S+. The Morgan fingerprint density at radius 2 is 1.72 bits per heavy atom. The first-order chi connectivity index (χ1) is 15.5. The van der Waals surface area contributed by atoms with Gasteiger partial charge in [0.05, 0.1) is 35.5 Å². The summed E-state index contributed by atoms with van der Waals surface area (Å²) in [5, 5.41) is 17.4. The summed E-state index contributed by atoms with van der Waals surface area (Å²) < 4.78 is 28.1. The Kier molecular flexibility index (Phi) is 6.66. The number of nitrogens with zero attached hydrogens (tertiary/aromatic N) is 5. The van der Waals surface area contributed by atoms with Crippen molar-refractivity contribution in [2.75, 3.05) is 44.2 Å². The minimum absolute atomic E-state index is 0.0167. The zero-order chi connectivity index (χ0) is 22.6. The van der Waals surface area contributed by atoms with E-state index in [1.165, 1.54) is 12.3 Å². The van der Waals surface area contributed by atoms with Crippen molar-refractivity contribution in [2.45, 2.75) is 24.2 Å². The number of nitrogens with one attached hydrogen (secondary N) is 1. The Labute approximate surface area is 187 Å². The molecule has 11 heteroatoms. The molecule has 1 aromatic heterocycles. The summed E-state index contributed by atoms with van der Waals surface area (Å²) in [4.78, 5) is 16.0. The number of hydrazone groups is 1. The Bertz CT molecular complexity index is 1090. The molecule has 0 atom stereocenters. The third kappa shape index (κ3) is 4.73. The number of pyridine rings is 1. The van der Waals surface area contributed by atoms with Crippen LogP contribution >= 0.6 is 0 Å². The number of benzene rings is 1. The number of sulfonamides is 1. The molecule has 1 N–H and O–H groups in total. The van der Waals surface area contributed by atoms with Crippen LogP contribution in [0.5, 0.6) is 0 Å². The van der Waals surface area contributed by atoms with E-state index >= 15 is 0 Å². The third-order valence-corrected chi connectivity index (χ3v) is 7.76. The quantitative estimate of drug-likeness (QED) is 0.369. The molecule has 0 aliphatic carbocycles. The van der Waals surface area contributed by atoms with Gasteiger partial charge in [-0.1, -0.05) is 18.6 Å². The molecule has 32 heavy (non-hydrogen) atoms. The Hall–Kier alpha value is -3.05. The fourth-order valence-electron chi connectivity index (χ4n) is 4.08. The molecule has 4 rings (SSSR count). The highest BCUT2D eigenvalue weighted by Crippen LogP contribution is 2.29. The van der Waals surface area contributed by atoms with Gasteiger partial charge in [-0.3, -0.25) is 15.1 Å². The number of nitro benzene ring substituents is 1. The first kappa shape index (κ1) is 22.2. The molecule has 2 saturated heterocycles. The maximum absolute atomic E-state index is 13.3. The summed E-state index contributed by atoms with van der Waals surface area (Å²) in [5.74, 6) is 0. The molecule has 2 aromatic rings. The van der Waals surface area contributed by atoms with Gasteiger partial charge in [0.2, 0.25) is 0 Å². The molecule has 1 aromatic carbocycles. The normalized spacial score (nSPS) is 18.2. The van der Waals surface area contributed by atoms with E-state index < -0.39 is 14.9 Å². The van der Waals surface area contributed by atoms with Crippen LogP contribution in [0.1, 0.15) is 24.8 Å². The molecule has 0 saturated carbocycles. The number of piperazine rings is 1. The SMILES string of the molecule is O=[N+]([O-])c1ccccc1/C=N\N1CCN(c2cc[nH+]cc2S(=O)(=O)N2CCCCC2)CC1. The second-order valence-corrected chi connectivity index (χ2v) is 9.77. The number of rotatable bonds is 6. The first-order valence-corrected chi connectivity index (χ1v) is 12.2. The van der Waals surface area contributed by atoms with E-state index in [-0.39, 0.29) is 5.69 Å². The van der Waals surface area contributed by atoms with E-state index in [9.17, 15) is 18.5 Å². The summed E-state index contributed by atoms with van der Waals surface area (Å²) in [5.41, 5.74) is 1.16. The third-order valence-electron chi connectivity index (χ3n) is 5.83. The monoisotopic (exact) mass is 459 g/mol. The van der Waals surface area contributed by atoms with Gasteiger partial charge in [0.25, 0.3) is 15.7 Å². The average Bonchev–Trinajstić information content (AvgIpc) is 2.84. The van der Waals surface area contributed by atoms with E-state index in [4.69, 9.17) is 0 Å². The van der Waals surface area contributed by atoms with E-state index in [2.05, 4.69) is 15.0 Å². The van der Waals surface area contributed by atoms with E-state index in [0.29, 0.717) is 55.4 Å². The van der Waals surface area contributed by atoms with Gasteiger partial charge in [0.1, 0.15) is 0 Å². The first-order valence-electron chi connectivity index (χ1n) is 10.7. The molecule has 0 amide bonds. The number of hydrogen-bond donors (Lipinski definition) is 0. The van der Waals surface area contributed by atoms with Crippen LogP contribution in [0.3, 0.4) is 0 Å². The van der Waals surface area contributed by atoms with E-state index in [0.717, 1.165) is 19.3 Å². The van der Waals surface area contributed by atoms with Gasteiger partial charge in [0, 0.05) is 38.3 Å². The summed E-state index contributed by atoms with van der Waals surface area (Å²) in [6, 6.07) is 8.29. The van der Waals surface area contributed by atoms with Crippen LogP contribution in [-0.4, -0.2) is 68.1 Å². The van der Waals surface area contributed by atoms with Gasteiger partial charge >= 0.3 is 0 Å². The van der Waals surface area contributed by atoms with E-state index in [1.807, 2.05) is 11.1 Å². The summed E-state index contributed by atoms with van der Waals surface area (Å²) in [7, 11) is -3.56. The van der Waals surface area contributed by atoms with Crippen LogP contribution in [0.15, 0.2) is 52.7 Å². The minimum Gasteiger partial charge on any atom is -0.366 e. The van der Waals surface area contributed by atoms with Crippen LogP contribution in [0.25, 0.3) is 0 Å². The van der Waals surface area contributed by atoms with Crippen molar-refractivity contribution in [1.82, 2.24) is 9.31 Å². The van der Waals surface area contributed by atoms with Crippen LogP contribution in [0.4, 0.5) is 11.4 Å². The van der Waals surface area contributed by atoms with Crippen molar-refractivity contribution in [3.05, 3.63) is 58.4 Å². The van der Waals surface area contributed by atoms with Crippen molar-refractivity contribution in [3.63, 3.8) is 0 Å². The van der Waals surface area contributed by atoms with Gasteiger partial charge in [-0.05, 0) is 18.9 Å². The lowest BCUT2D eigenvalue weighted by Gasteiger charge is -2.35. The highest BCUT2D eigenvalue weighted by atomic mass is 32.2. The van der Waals surface area contributed by atoms with Gasteiger partial charge in [-0.2, -0.15) is 9.41 Å². The Balaban J connectivity index is 1.46. The highest BCUT2D eigenvalue weighted by Gasteiger charge is 2.32. The molecule has 0 radical (unpaired) electrons. The molecular weight excluding hydrogens is 432 g/mol. The maximum Gasteiger partial charge on any atom is 0.278 e. The number of para-hydroxylation sites is 1. The molecule has 3 heterocycles. The van der Waals surface area contributed by atoms with Crippen molar-refractivity contribution in [3.8, 4) is 0 Å². The number of aromatic nitrogens is 1. The summed E-state index contributed by atoms with van der Waals surface area (Å²) >= 11 is 0. The molecule has 0 spiro atoms. The van der Waals surface area contributed by atoms with E-state index in [1.54, 1.807) is 34.9 Å². The molecule has 2 fully saturated rings. The number of H-pyrrole nitrogens is 1. The standard InChI is InChI=1S/C21H26N6O4S/c28-27(29)19-7-3-2-6-18(19)16-23-25-14-12-24(13-15-25)20-8-9-22-17-21(20)32(30,31)26-10-4-1-5-11-26/h2-3,6-9,16-17H,1,4-5,10-15H2/p+1/b23-16-. The number of aromatic amines is 1. The second-order valence-electron chi connectivity index (χ2n) is 7.86. The summed E-state index contributed by atoms with van der Waals surface area (Å²) in [6.07, 6.45) is 7.66. The lowest BCUT2D eigenvalue weighted by Crippen LogP contribution is -2.45. The molecule has 10 nitrogen and oxygen atoms in total. The molecule has 0 bridgehead atoms. The number of nitro groups is 1. The molecule has 170 valence electrons. The Morgan fingerprint density at radius 1 is 1.00 bits per heavy atom. The highest BCUT2D eigenvalue weighted by molar-refractivity contribution is 7.89. The molecule has 0 unspecified atom stereocenters. The maximum atomic E-state index is 13.3. The van der Waals surface area contributed by atoms with Gasteiger partial charge < -0.3 is 4.90 Å². The fourth-order valence-corrected chi connectivity index (χ4v) is 5.77. The second kappa shape index (κ2) is 9.61. The predicted octanol–water partition coefficient (Wildman–Crippen LogP) is 1.74. The number of anilines is 1. The molecule has 2 aliphatic rings. The van der Waals surface area contributed by atoms with Crippen LogP contribution in [0.2, 0.25) is 0 Å². The average molecular weight is 460 g/mol. The Morgan fingerprint density at radius 3 is 2.44 bits per heavy atom. The lowest BCUT2D eigenvalue weighted by atomic mass is 10.2. The predicted molar refractivity (Wildman–Crippen MR) is 120 cm³/mol. The van der Waals surface area contributed by atoms with Gasteiger partial charge in [-0.15, -0.1) is 0 Å². The van der Waals surface area contributed by atoms with Crippen LogP contribution in [0, 0.1) is 10.1 Å². The molecule has 2 aliphatic heterocycles. The number of piperidine rings is 1. The number of hydrogen-bond acceptors (Lipinski definition) is 7. The minimum atomic E-state index is -3.56. The zero-order valence-corrected chi connectivity index (χ0v) is 18.6. The fraction of sp³-hybridized carbons (Fsp3) is 0.429. The van der Waals surface area contributed by atoms with Crippen molar-refractivity contribution in [1.29, 1.82) is 0 Å². The van der Waals surface area contributed by atoms with Crippen molar-refractivity contribution in [2.24, 2.45) is 5.10 Å². The van der Waals surface area contributed by atoms with Gasteiger partial charge in [0.15, 0.2) is 17.3 Å². The van der Waals surface area contributed by atoms with Gasteiger partial charge in [-0.25, -0.2) is 13.4 Å². The zero-order valence-electron chi connectivity index (χ0n) is 17.8. The smallest absolute Gasteiger partial charge is 0.278 e. The summed E-state index contributed by atoms with van der Waals surface area (Å²) in [6.45, 7) is 3.48. The van der Waals surface area contributed by atoms with Crippen molar-refractivity contribution < 1.29 is 18.3 Å². The van der Waals surface area contributed by atoms with Crippen LogP contribution < -0.4 is 9.88 Å². The largest absolute Gasteiger partial charge is 0.366 e. The van der Waals surface area contributed by atoms with Crippen LogP contribution in [-0.2, 0) is 10.0 Å². The van der Waals surface area contributed by atoms with Crippen molar-refractivity contribution >= 4 is 27.6 Å². The lowest BCUT2D eigenvalue weighted by molar-refractivity contribution is -0.385.